The van der Waals surface area contributed by atoms with Crippen molar-refractivity contribution in [1.82, 2.24) is 9.38 Å². The number of benzene rings is 1. The number of phenolic OH excluding ortho intramolecular Hbond substituents is 1. The van der Waals surface area contributed by atoms with Gasteiger partial charge >= 0.3 is 5.63 Å². The van der Waals surface area contributed by atoms with Crippen molar-refractivity contribution in [2.24, 2.45) is 0 Å². The van der Waals surface area contributed by atoms with E-state index in [4.69, 9.17) is 4.42 Å². The number of aromatic hydroxyl groups is 1. The Balaban J connectivity index is 1.74. The van der Waals surface area contributed by atoms with Crippen LogP contribution in [0.3, 0.4) is 0 Å². The zero-order valence-electron chi connectivity index (χ0n) is 16.2. The van der Waals surface area contributed by atoms with Gasteiger partial charge in [-0.25, -0.2) is 9.78 Å². The van der Waals surface area contributed by atoms with Crippen molar-refractivity contribution in [2.75, 3.05) is 0 Å². The van der Waals surface area contributed by atoms with E-state index in [1.54, 1.807) is 6.07 Å². The highest BCUT2D eigenvalue weighted by atomic mass is 16.4. The second-order valence-electron chi connectivity index (χ2n) is 7.37. The Morgan fingerprint density at radius 3 is 2.82 bits per heavy atom. The van der Waals surface area contributed by atoms with E-state index < -0.39 is 5.63 Å². The van der Waals surface area contributed by atoms with Crippen LogP contribution in [0.4, 0.5) is 0 Å². The average molecular weight is 376 g/mol. The third kappa shape index (κ3) is 3.52. The number of aryl methyl sites for hydroxylation is 2. The van der Waals surface area contributed by atoms with Crippen LogP contribution in [0.15, 0.2) is 51.9 Å². The molecule has 5 nitrogen and oxygen atoms in total. The van der Waals surface area contributed by atoms with Crippen LogP contribution in [0, 0.1) is 6.92 Å². The highest BCUT2D eigenvalue weighted by Crippen LogP contribution is 2.28. The molecule has 0 saturated carbocycles. The fourth-order valence-electron chi connectivity index (χ4n) is 3.54. The summed E-state index contributed by atoms with van der Waals surface area (Å²) in [6, 6.07) is 9.24. The largest absolute Gasteiger partial charge is 0.508 e. The first-order valence-corrected chi connectivity index (χ1v) is 9.80. The Morgan fingerprint density at radius 2 is 2.00 bits per heavy atom. The quantitative estimate of drug-likeness (QED) is 0.369. The maximum Gasteiger partial charge on any atom is 0.345 e. The van der Waals surface area contributed by atoms with Crippen LogP contribution in [0.5, 0.6) is 5.75 Å². The minimum Gasteiger partial charge on any atom is -0.508 e. The lowest BCUT2D eigenvalue weighted by Crippen LogP contribution is -2.03. The van der Waals surface area contributed by atoms with Crippen molar-refractivity contribution >= 4 is 16.6 Å². The van der Waals surface area contributed by atoms with E-state index in [1.807, 2.05) is 48.0 Å². The summed E-state index contributed by atoms with van der Waals surface area (Å²) in [5.41, 5.74) is 3.73. The summed E-state index contributed by atoms with van der Waals surface area (Å²) in [6.07, 6.45) is 9.11. The van der Waals surface area contributed by atoms with E-state index in [9.17, 15) is 9.90 Å². The van der Waals surface area contributed by atoms with Crippen LogP contribution in [0.1, 0.15) is 43.7 Å². The molecule has 144 valence electrons. The van der Waals surface area contributed by atoms with Crippen LogP contribution < -0.4 is 5.63 Å². The van der Waals surface area contributed by atoms with E-state index in [0.717, 1.165) is 41.4 Å². The summed E-state index contributed by atoms with van der Waals surface area (Å²) >= 11 is 0. The normalized spacial score (nSPS) is 11.5. The average Bonchev–Trinajstić information content (AvgIpc) is 3.08. The van der Waals surface area contributed by atoms with Crippen LogP contribution >= 0.6 is 0 Å². The van der Waals surface area contributed by atoms with Gasteiger partial charge in [0.1, 0.15) is 17.0 Å². The summed E-state index contributed by atoms with van der Waals surface area (Å²) in [6.45, 7) is 4.19. The first-order valence-electron chi connectivity index (χ1n) is 9.80. The fourth-order valence-corrected chi connectivity index (χ4v) is 3.54. The van der Waals surface area contributed by atoms with E-state index in [0.29, 0.717) is 16.8 Å². The lowest BCUT2D eigenvalue weighted by atomic mass is 10.0. The summed E-state index contributed by atoms with van der Waals surface area (Å²) in [5.74, 6) is 0.183. The molecule has 3 heterocycles. The summed E-state index contributed by atoms with van der Waals surface area (Å²) in [5, 5.41) is 11.1. The van der Waals surface area contributed by atoms with Gasteiger partial charge in [-0.05, 0) is 55.2 Å². The van der Waals surface area contributed by atoms with Crippen LogP contribution in [0.25, 0.3) is 27.9 Å². The molecule has 1 aromatic carbocycles. The zero-order valence-corrected chi connectivity index (χ0v) is 16.2. The van der Waals surface area contributed by atoms with Gasteiger partial charge in [0, 0.05) is 23.8 Å². The number of unbranched alkanes of at least 4 members (excludes halogenated alkanes) is 3. The minimum absolute atomic E-state index is 0.183. The molecule has 0 saturated heterocycles. The van der Waals surface area contributed by atoms with Crippen molar-refractivity contribution in [3.05, 3.63) is 64.3 Å². The number of nitrogens with zero attached hydrogens (tertiary/aromatic N) is 2. The Morgan fingerprint density at radius 1 is 1.14 bits per heavy atom. The maximum absolute atomic E-state index is 12.5. The Labute approximate surface area is 163 Å². The van der Waals surface area contributed by atoms with Crippen molar-refractivity contribution in [1.29, 1.82) is 0 Å². The van der Waals surface area contributed by atoms with Gasteiger partial charge in [-0.15, -0.1) is 0 Å². The number of rotatable bonds is 6. The molecular formula is C23H24N2O3. The monoisotopic (exact) mass is 376 g/mol. The molecule has 0 bridgehead atoms. The maximum atomic E-state index is 12.5. The van der Waals surface area contributed by atoms with E-state index >= 15 is 0 Å². The molecular weight excluding hydrogens is 352 g/mol. The highest BCUT2D eigenvalue weighted by Gasteiger charge is 2.14. The SMILES string of the molecule is CCCCCCc1cc2cc(-c3cn4ccc(C)cc4n3)c(=O)oc2cc1O. The standard InChI is InChI=1S/C23H24N2O3/c1-3-4-5-6-7-16-11-17-12-18(23(27)28-21(17)13-20(16)26)19-14-25-9-8-15(2)10-22(25)24-19/h8-14,26H,3-7H2,1-2H3. The predicted molar refractivity (Wildman–Crippen MR) is 111 cm³/mol. The Kier molecular flexibility index (Phi) is 4.90. The molecule has 28 heavy (non-hydrogen) atoms. The van der Waals surface area contributed by atoms with E-state index in [-0.39, 0.29) is 5.75 Å². The van der Waals surface area contributed by atoms with Crippen LogP contribution in [0.2, 0.25) is 0 Å². The van der Waals surface area contributed by atoms with Gasteiger partial charge in [0.25, 0.3) is 0 Å². The van der Waals surface area contributed by atoms with Gasteiger partial charge in [0.15, 0.2) is 0 Å². The summed E-state index contributed by atoms with van der Waals surface area (Å²) in [4.78, 5) is 17.1. The second-order valence-corrected chi connectivity index (χ2v) is 7.37. The molecule has 0 unspecified atom stereocenters. The Hall–Kier alpha value is -3.08. The van der Waals surface area contributed by atoms with Gasteiger partial charge in [-0.2, -0.15) is 0 Å². The van der Waals surface area contributed by atoms with Gasteiger partial charge in [-0.1, -0.05) is 26.2 Å². The molecule has 0 radical (unpaired) electrons. The van der Waals surface area contributed by atoms with Crippen molar-refractivity contribution < 1.29 is 9.52 Å². The number of hydrogen-bond donors (Lipinski definition) is 1. The van der Waals surface area contributed by atoms with Gasteiger partial charge in [0.2, 0.25) is 0 Å². The predicted octanol–water partition coefficient (Wildman–Crippen LogP) is 5.24. The minimum atomic E-state index is -0.456. The highest BCUT2D eigenvalue weighted by molar-refractivity contribution is 5.83. The summed E-state index contributed by atoms with van der Waals surface area (Å²) in [7, 11) is 0. The molecule has 0 aliphatic carbocycles. The molecule has 0 amide bonds. The molecule has 5 heteroatoms. The third-order valence-electron chi connectivity index (χ3n) is 5.12. The van der Waals surface area contributed by atoms with Crippen molar-refractivity contribution in [3.63, 3.8) is 0 Å². The molecule has 3 aromatic heterocycles. The number of hydrogen-bond acceptors (Lipinski definition) is 4. The molecule has 4 rings (SSSR count). The molecule has 0 spiro atoms. The lowest BCUT2D eigenvalue weighted by molar-refractivity contribution is 0.464. The number of pyridine rings is 1. The molecule has 0 fully saturated rings. The first kappa shape index (κ1) is 18.3. The zero-order chi connectivity index (χ0) is 19.7. The van der Waals surface area contributed by atoms with Crippen LogP contribution in [-0.4, -0.2) is 14.5 Å². The molecule has 0 aliphatic rings. The number of phenols is 1. The number of aromatic nitrogens is 2. The van der Waals surface area contributed by atoms with Gasteiger partial charge < -0.3 is 13.9 Å². The first-order chi connectivity index (χ1) is 13.5. The third-order valence-corrected chi connectivity index (χ3v) is 5.12. The van der Waals surface area contributed by atoms with E-state index in [1.165, 1.54) is 12.8 Å². The van der Waals surface area contributed by atoms with E-state index in [2.05, 4.69) is 11.9 Å². The smallest absolute Gasteiger partial charge is 0.345 e. The molecule has 1 N–H and O–H groups in total. The second kappa shape index (κ2) is 7.50. The topological polar surface area (TPSA) is 67.7 Å². The number of fused-ring (bicyclic) bond motifs is 2. The molecule has 4 aromatic rings. The molecule has 0 atom stereocenters. The molecule has 0 aliphatic heterocycles. The fraction of sp³-hybridized carbons (Fsp3) is 0.304. The van der Waals surface area contributed by atoms with Gasteiger partial charge in [-0.3, -0.25) is 0 Å². The lowest BCUT2D eigenvalue weighted by Gasteiger charge is -2.07. The number of imidazole rings is 1. The Bertz CT molecular complexity index is 1200. The van der Waals surface area contributed by atoms with Gasteiger partial charge in [0.05, 0.1) is 11.3 Å². The summed E-state index contributed by atoms with van der Waals surface area (Å²) < 4.78 is 7.37. The van der Waals surface area contributed by atoms with Crippen molar-refractivity contribution in [2.45, 2.75) is 46.0 Å². The van der Waals surface area contributed by atoms with Crippen molar-refractivity contribution in [3.8, 4) is 17.0 Å². The van der Waals surface area contributed by atoms with Crippen LogP contribution in [-0.2, 0) is 6.42 Å².